The van der Waals surface area contributed by atoms with E-state index in [9.17, 15) is 0 Å². The lowest BCUT2D eigenvalue weighted by molar-refractivity contribution is 0.310. The Morgan fingerprint density at radius 1 is 1.15 bits per heavy atom. The molecule has 106 valence electrons. The molecular formula is C16H19ClN2O. The second-order valence-electron chi connectivity index (χ2n) is 4.84. The fourth-order valence-corrected chi connectivity index (χ4v) is 2.36. The number of halogens is 1. The molecule has 4 heteroatoms. The van der Waals surface area contributed by atoms with Crippen molar-refractivity contribution in [1.82, 2.24) is 4.90 Å². The van der Waals surface area contributed by atoms with E-state index in [0.717, 1.165) is 24.4 Å². The van der Waals surface area contributed by atoms with Gasteiger partial charge >= 0.3 is 0 Å². The molecule has 0 heterocycles. The molecule has 0 aliphatic carbocycles. The van der Waals surface area contributed by atoms with Gasteiger partial charge in [-0.05, 0) is 30.8 Å². The number of para-hydroxylation sites is 1. The molecule has 0 spiro atoms. The molecule has 2 aromatic rings. The molecule has 20 heavy (non-hydrogen) atoms. The van der Waals surface area contributed by atoms with Gasteiger partial charge in [-0.3, -0.25) is 4.90 Å². The number of methoxy groups -OCH3 is 1. The number of benzene rings is 2. The molecule has 0 fully saturated rings. The standard InChI is InChI=1S/C16H19ClN2O/c1-19(10-12-7-8-15(18)14(17)9-12)11-13-5-3-4-6-16(13)20-2/h3-9H,10-11,18H2,1-2H3. The SMILES string of the molecule is COc1ccccc1CN(C)Cc1ccc(N)c(Cl)c1. The van der Waals surface area contributed by atoms with Gasteiger partial charge in [0.25, 0.3) is 0 Å². The first-order valence-electron chi connectivity index (χ1n) is 6.44. The molecule has 0 aliphatic rings. The molecule has 0 radical (unpaired) electrons. The van der Waals surface area contributed by atoms with Crippen LogP contribution in [0.2, 0.25) is 5.02 Å². The highest BCUT2D eigenvalue weighted by atomic mass is 35.5. The van der Waals surface area contributed by atoms with Crippen molar-refractivity contribution in [3.05, 3.63) is 58.6 Å². The average Bonchev–Trinajstić information content (AvgIpc) is 2.43. The van der Waals surface area contributed by atoms with Gasteiger partial charge in [-0.1, -0.05) is 35.9 Å². The number of nitrogen functional groups attached to an aromatic ring is 1. The lowest BCUT2D eigenvalue weighted by atomic mass is 10.1. The molecule has 0 saturated heterocycles. The van der Waals surface area contributed by atoms with Crippen molar-refractivity contribution in [2.24, 2.45) is 0 Å². The molecule has 0 saturated carbocycles. The Hall–Kier alpha value is -1.71. The van der Waals surface area contributed by atoms with E-state index in [4.69, 9.17) is 22.1 Å². The third-order valence-electron chi connectivity index (χ3n) is 3.15. The van der Waals surface area contributed by atoms with Crippen LogP contribution in [0.5, 0.6) is 5.75 Å². The van der Waals surface area contributed by atoms with E-state index in [1.54, 1.807) is 7.11 Å². The summed E-state index contributed by atoms with van der Waals surface area (Å²) in [5, 5.41) is 0.605. The minimum absolute atomic E-state index is 0.605. The fraction of sp³-hybridized carbons (Fsp3) is 0.250. The van der Waals surface area contributed by atoms with Crippen LogP contribution in [0.4, 0.5) is 5.69 Å². The predicted octanol–water partition coefficient (Wildman–Crippen LogP) is 3.56. The average molecular weight is 291 g/mol. The summed E-state index contributed by atoms with van der Waals surface area (Å²) >= 11 is 6.04. The molecule has 3 nitrogen and oxygen atoms in total. The Balaban J connectivity index is 2.05. The molecule has 0 aromatic heterocycles. The van der Waals surface area contributed by atoms with Gasteiger partial charge in [0.1, 0.15) is 5.75 Å². The van der Waals surface area contributed by atoms with E-state index in [1.807, 2.05) is 36.4 Å². The highest BCUT2D eigenvalue weighted by Gasteiger charge is 2.07. The van der Waals surface area contributed by atoms with Crippen molar-refractivity contribution in [2.75, 3.05) is 19.9 Å². The van der Waals surface area contributed by atoms with Crippen molar-refractivity contribution in [1.29, 1.82) is 0 Å². The summed E-state index contributed by atoms with van der Waals surface area (Å²) in [7, 11) is 3.76. The van der Waals surface area contributed by atoms with Crippen molar-refractivity contribution >= 4 is 17.3 Å². The highest BCUT2D eigenvalue weighted by Crippen LogP contribution is 2.22. The molecule has 0 atom stereocenters. The quantitative estimate of drug-likeness (QED) is 0.856. The van der Waals surface area contributed by atoms with Gasteiger partial charge in [0.15, 0.2) is 0 Å². The summed E-state index contributed by atoms with van der Waals surface area (Å²) in [6.45, 7) is 1.62. The fourth-order valence-electron chi connectivity index (χ4n) is 2.16. The van der Waals surface area contributed by atoms with Gasteiger partial charge in [0.05, 0.1) is 17.8 Å². The Morgan fingerprint density at radius 3 is 2.60 bits per heavy atom. The Morgan fingerprint density at radius 2 is 1.90 bits per heavy atom. The highest BCUT2D eigenvalue weighted by molar-refractivity contribution is 6.33. The van der Waals surface area contributed by atoms with Crippen LogP contribution in [-0.2, 0) is 13.1 Å². The van der Waals surface area contributed by atoms with Crippen LogP contribution < -0.4 is 10.5 Å². The molecule has 0 amide bonds. The Bertz CT molecular complexity index is 586. The largest absolute Gasteiger partial charge is 0.496 e. The summed E-state index contributed by atoms with van der Waals surface area (Å²) in [6, 6.07) is 13.8. The van der Waals surface area contributed by atoms with Crippen molar-refractivity contribution in [2.45, 2.75) is 13.1 Å². The first kappa shape index (κ1) is 14.7. The molecule has 0 bridgehead atoms. The van der Waals surface area contributed by atoms with Crippen LogP contribution >= 0.6 is 11.6 Å². The molecule has 0 unspecified atom stereocenters. The van der Waals surface area contributed by atoms with E-state index >= 15 is 0 Å². The zero-order valence-electron chi connectivity index (χ0n) is 11.8. The summed E-state index contributed by atoms with van der Waals surface area (Å²) in [4.78, 5) is 2.21. The third-order valence-corrected chi connectivity index (χ3v) is 3.48. The number of hydrogen-bond donors (Lipinski definition) is 1. The molecule has 2 aromatic carbocycles. The van der Waals surface area contributed by atoms with Gasteiger partial charge < -0.3 is 10.5 Å². The monoisotopic (exact) mass is 290 g/mol. The van der Waals surface area contributed by atoms with Crippen molar-refractivity contribution < 1.29 is 4.74 Å². The lowest BCUT2D eigenvalue weighted by Gasteiger charge is -2.18. The second kappa shape index (κ2) is 6.64. The van der Waals surface area contributed by atoms with E-state index in [0.29, 0.717) is 10.7 Å². The molecule has 2 rings (SSSR count). The molecule has 0 aliphatic heterocycles. The normalized spacial score (nSPS) is 10.8. The predicted molar refractivity (Wildman–Crippen MR) is 84.0 cm³/mol. The first-order valence-corrected chi connectivity index (χ1v) is 6.82. The minimum atomic E-state index is 0.605. The summed E-state index contributed by atoms with van der Waals surface area (Å²) in [5.41, 5.74) is 8.64. The number of anilines is 1. The number of hydrogen-bond acceptors (Lipinski definition) is 3. The smallest absolute Gasteiger partial charge is 0.123 e. The zero-order valence-corrected chi connectivity index (χ0v) is 12.5. The third kappa shape index (κ3) is 3.65. The first-order chi connectivity index (χ1) is 9.60. The summed E-state index contributed by atoms with van der Waals surface area (Å²) < 4.78 is 5.37. The van der Waals surface area contributed by atoms with Gasteiger partial charge in [0.2, 0.25) is 0 Å². The van der Waals surface area contributed by atoms with Crippen LogP contribution in [0.25, 0.3) is 0 Å². The summed E-state index contributed by atoms with van der Waals surface area (Å²) in [6.07, 6.45) is 0. The minimum Gasteiger partial charge on any atom is -0.496 e. The lowest BCUT2D eigenvalue weighted by Crippen LogP contribution is -2.17. The van der Waals surface area contributed by atoms with Gasteiger partial charge in [-0.2, -0.15) is 0 Å². The number of nitrogens with two attached hydrogens (primary N) is 1. The second-order valence-corrected chi connectivity index (χ2v) is 5.25. The van der Waals surface area contributed by atoms with Crippen molar-refractivity contribution in [3.63, 3.8) is 0 Å². The van der Waals surface area contributed by atoms with E-state index in [-0.39, 0.29) is 0 Å². The topological polar surface area (TPSA) is 38.5 Å². The van der Waals surface area contributed by atoms with E-state index < -0.39 is 0 Å². The van der Waals surface area contributed by atoms with Crippen LogP contribution in [0.15, 0.2) is 42.5 Å². The van der Waals surface area contributed by atoms with Crippen molar-refractivity contribution in [3.8, 4) is 5.75 Å². The van der Waals surface area contributed by atoms with Gasteiger partial charge in [0, 0.05) is 18.7 Å². The Kier molecular flexibility index (Phi) is 4.88. The summed E-state index contributed by atoms with van der Waals surface area (Å²) in [5.74, 6) is 0.912. The van der Waals surface area contributed by atoms with Gasteiger partial charge in [-0.25, -0.2) is 0 Å². The van der Waals surface area contributed by atoms with Crippen LogP contribution in [-0.4, -0.2) is 19.1 Å². The number of rotatable bonds is 5. The molecule has 2 N–H and O–H groups in total. The van der Waals surface area contributed by atoms with Crippen LogP contribution in [0.3, 0.4) is 0 Å². The van der Waals surface area contributed by atoms with Gasteiger partial charge in [-0.15, -0.1) is 0 Å². The maximum absolute atomic E-state index is 6.04. The maximum Gasteiger partial charge on any atom is 0.123 e. The number of ether oxygens (including phenoxy) is 1. The Labute approximate surface area is 124 Å². The van der Waals surface area contributed by atoms with Crippen LogP contribution in [0, 0.1) is 0 Å². The zero-order chi connectivity index (χ0) is 14.5. The number of nitrogens with zero attached hydrogens (tertiary/aromatic N) is 1. The molecular weight excluding hydrogens is 272 g/mol. The maximum atomic E-state index is 6.04. The van der Waals surface area contributed by atoms with Crippen LogP contribution in [0.1, 0.15) is 11.1 Å². The van der Waals surface area contributed by atoms with E-state index in [1.165, 1.54) is 5.56 Å². The van der Waals surface area contributed by atoms with E-state index in [2.05, 4.69) is 18.0 Å².